The molecule has 4 aromatic rings. The molecule has 5 rings (SSSR count). The molecule has 0 aliphatic carbocycles. The van der Waals surface area contributed by atoms with Crippen LogP contribution in [0.2, 0.25) is 0 Å². The third-order valence-corrected chi connectivity index (χ3v) is 8.76. The molecular formula is C33H39N5O4S. The summed E-state index contributed by atoms with van der Waals surface area (Å²) in [6, 6.07) is 15.4. The van der Waals surface area contributed by atoms with E-state index in [1.54, 1.807) is 24.5 Å². The Morgan fingerprint density at radius 3 is 2.51 bits per heavy atom. The lowest BCUT2D eigenvalue weighted by molar-refractivity contribution is 0.00184. The largest absolute Gasteiger partial charge is 0.444 e. The molecule has 0 radical (unpaired) electrons. The van der Waals surface area contributed by atoms with Crippen molar-refractivity contribution in [2.45, 2.75) is 78.0 Å². The maximum atomic E-state index is 13.8. The summed E-state index contributed by atoms with van der Waals surface area (Å²) in [4.78, 5) is 35.1. The fraction of sp³-hybridized carbons (Fsp3) is 0.424. The van der Waals surface area contributed by atoms with Crippen LogP contribution in [0.5, 0.6) is 0 Å². The van der Waals surface area contributed by atoms with Gasteiger partial charge in [-0.3, -0.25) is 9.69 Å². The van der Waals surface area contributed by atoms with Crippen LogP contribution >= 0.6 is 11.3 Å². The van der Waals surface area contributed by atoms with Crippen LogP contribution in [0, 0.1) is 13.8 Å². The molecule has 1 aliphatic heterocycles. The van der Waals surface area contributed by atoms with Gasteiger partial charge in [0.2, 0.25) is 11.8 Å². The van der Waals surface area contributed by atoms with Crippen molar-refractivity contribution < 1.29 is 18.7 Å². The van der Waals surface area contributed by atoms with E-state index >= 15 is 0 Å². The van der Waals surface area contributed by atoms with E-state index in [1.807, 2.05) is 94.3 Å². The van der Waals surface area contributed by atoms with Crippen molar-refractivity contribution in [3.63, 3.8) is 0 Å². The SMILES string of the molecule is Cc1cc(C(=O)N2CCC[C@@H]2c2nc(C)cs2)cc(-c2nnc(C(C)(Cc3ccccc3)N(C)C(=O)OC(C)(C)C)o2)c1. The number of aryl methyl sites for hydroxylation is 2. The zero-order chi connectivity index (χ0) is 30.9. The summed E-state index contributed by atoms with van der Waals surface area (Å²) < 4.78 is 12.0. The Balaban J connectivity index is 1.46. The zero-order valence-electron chi connectivity index (χ0n) is 25.9. The van der Waals surface area contributed by atoms with Crippen molar-refractivity contribution in [3.8, 4) is 11.5 Å². The number of likely N-dealkylation sites (N-methyl/N-ethyl adjacent to an activating group) is 1. The number of thiazole rings is 1. The minimum Gasteiger partial charge on any atom is -0.444 e. The lowest BCUT2D eigenvalue weighted by atomic mass is 9.91. The number of aromatic nitrogens is 3. The van der Waals surface area contributed by atoms with Crippen LogP contribution in [-0.2, 0) is 16.7 Å². The molecule has 0 spiro atoms. The van der Waals surface area contributed by atoms with Crippen LogP contribution in [0.25, 0.3) is 11.5 Å². The topological polar surface area (TPSA) is 102 Å². The first-order chi connectivity index (χ1) is 20.3. The Morgan fingerprint density at radius 1 is 1.09 bits per heavy atom. The molecule has 0 bridgehead atoms. The van der Waals surface area contributed by atoms with Crippen molar-refractivity contribution in [1.29, 1.82) is 0 Å². The summed E-state index contributed by atoms with van der Waals surface area (Å²) in [6.07, 6.45) is 1.77. The number of hydrogen-bond donors (Lipinski definition) is 0. The average Bonchev–Trinajstić information content (AvgIpc) is 3.72. The van der Waals surface area contributed by atoms with Gasteiger partial charge in [-0.15, -0.1) is 21.5 Å². The Kier molecular flexibility index (Phi) is 8.42. The highest BCUT2D eigenvalue weighted by molar-refractivity contribution is 7.09. The third-order valence-electron chi connectivity index (χ3n) is 7.69. The van der Waals surface area contributed by atoms with Gasteiger partial charge >= 0.3 is 6.09 Å². The van der Waals surface area contributed by atoms with Gasteiger partial charge in [0.05, 0.1) is 6.04 Å². The summed E-state index contributed by atoms with van der Waals surface area (Å²) in [7, 11) is 1.68. The fourth-order valence-corrected chi connectivity index (χ4v) is 6.35. The highest BCUT2D eigenvalue weighted by Gasteiger charge is 2.42. The van der Waals surface area contributed by atoms with Crippen molar-refractivity contribution in [2.24, 2.45) is 0 Å². The number of ether oxygens (including phenoxy) is 1. The normalized spacial score (nSPS) is 16.6. The zero-order valence-corrected chi connectivity index (χ0v) is 26.7. The van der Waals surface area contributed by atoms with Crippen LogP contribution in [0.15, 0.2) is 58.3 Å². The summed E-state index contributed by atoms with van der Waals surface area (Å²) in [5, 5.41) is 11.8. The Morgan fingerprint density at radius 2 is 1.84 bits per heavy atom. The van der Waals surface area contributed by atoms with E-state index in [-0.39, 0.29) is 23.7 Å². The number of carbonyl (C=O) groups is 2. The lowest BCUT2D eigenvalue weighted by Crippen LogP contribution is -2.48. The van der Waals surface area contributed by atoms with Crippen LogP contribution in [0.3, 0.4) is 0 Å². The van der Waals surface area contributed by atoms with E-state index in [9.17, 15) is 9.59 Å². The lowest BCUT2D eigenvalue weighted by Gasteiger charge is -2.37. The van der Waals surface area contributed by atoms with Crippen molar-refractivity contribution in [3.05, 3.63) is 87.2 Å². The molecule has 0 saturated carbocycles. The number of likely N-dealkylation sites (tertiary alicyclic amines) is 1. The second-order valence-electron chi connectivity index (χ2n) is 12.5. The van der Waals surface area contributed by atoms with E-state index < -0.39 is 17.2 Å². The molecule has 1 aliphatic rings. The van der Waals surface area contributed by atoms with E-state index in [2.05, 4.69) is 15.2 Å². The smallest absolute Gasteiger partial charge is 0.410 e. The molecule has 3 heterocycles. The van der Waals surface area contributed by atoms with Crippen molar-refractivity contribution in [2.75, 3.05) is 13.6 Å². The molecule has 43 heavy (non-hydrogen) atoms. The van der Waals surface area contributed by atoms with Crippen LogP contribution in [0.4, 0.5) is 4.79 Å². The van der Waals surface area contributed by atoms with E-state index in [4.69, 9.17) is 9.15 Å². The summed E-state index contributed by atoms with van der Waals surface area (Å²) in [5.74, 6) is 0.504. The molecule has 1 unspecified atom stereocenters. The first kappa shape index (κ1) is 30.4. The minimum absolute atomic E-state index is 0.0211. The van der Waals surface area contributed by atoms with Gasteiger partial charge in [-0.1, -0.05) is 30.3 Å². The number of nitrogens with zero attached hydrogens (tertiary/aromatic N) is 5. The predicted octanol–water partition coefficient (Wildman–Crippen LogP) is 7.11. The molecular weight excluding hydrogens is 562 g/mol. The highest BCUT2D eigenvalue weighted by atomic mass is 32.1. The maximum Gasteiger partial charge on any atom is 0.410 e. The molecule has 1 fully saturated rings. The van der Waals surface area contributed by atoms with Crippen LogP contribution in [-0.4, -0.2) is 56.2 Å². The molecule has 2 aromatic heterocycles. The fourth-order valence-electron chi connectivity index (χ4n) is 5.41. The molecule has 2 aromatic carbocycles. The van der Waals surface area contributed by atoms with E-state index in [0.29, 0.717) is 24.1 Å². The first-order valence-electron chi connectivity index (χ1n) is 14.5. The maximum absolute atomic E-state index is 13.8. The number of benzene rings is 2. The van der Waals surface area contributed by atoms with E-state index in [1.165, 1.54) is 4.90 Å². The quantitative estimate of drug-likeness (QED) is 0.222. The molecule has 0 N–H and O–H groups in total. The van der Waals surface area contributed by atoms with Gasteiger partial charge in [0.25, 0.3) is 5.91 Å². The third kappa shape index (κ3) is 6.64. The molecule has 10 heteroatoms. The molecule has 2 atom stereocenters. The molecule has 9 nitrogen and oxygen atoms in total. The van der Waals surface area contributed by atoms with Gasteiger partial charge in [0.15, 0.2) is 0 Å². The average molecular weight is 602 g/mol. The van der Waals surface area contributed by atoms with Gasteiger partial charge in [-0.2, -0.15) is 0 Å². The molecule has 1 saturated heterocycles. The predicted molar refractivity (Wildman–Crippen MR) is 166 cm³/mol. The summed E-state index contributed by atoms with van der Waals surface area (Å²) in [5.41, 5.74) is 2.40. The standard InChI is InChI=1S/C33H39N5O4S/c1-21-16-24(18-25(17-21)29(39)38-15-11-14-26(38)28-34-22(2)20-43-28)27-35-36-30(41-27)33(6,19-23-12-9-8-10-13-23)37(7)31(40)42-32(3,4)5/h8-10,12-13,16-18,20,26H,11,14-15,19H2,1-7H3/t26-,33?/m1/s1. The van der Waals surface area contributed by atoms with Crippen molar-refractivity contribution >= 4 is 23.3 Å². The van der Waals surface area contributed by atoms with Crippen molar-refractivity contribution in [1.82, 2.24) is 25.0 Å². The van der Waals surface area contributed by atoms with E-state index in [0.717, 1.165) is 34.7 Å². The monoisotopic (exact) mass is 601 g/mol. The number of rotatable bonds is 7. The Bertz CT molecular complexity index is 1610. The van der Waals surface area contributed by atoms with Gasteiger partial charge in [0.1, 0.15) is 16.1 Å². The minimum atomic E-state index is -1.01. The second kappa shape index (κ2) is 11.9. The highest BCUT2D eigenvalue weighted by Crippen LogP contribution is 2.37. The molecule has 226 valence electrons. The Labute approximate surface area is 256 Å². The molecule has 2 amide bonds. The number of carbonyl (C=O) groups excluding carboxylic acids is 2. The first-order valence-corrected chi connectivity index (χ1v) is 15.4. The second-order valence-corrected chi connectivity index (χ2v) is 13.3. The van der Waals surface area contributed by atoms with Crippen LogP contribution < -0.4 is 0 Å². The number of amides is 2. The summed E-state index contributed by atoms with van der Waals surface area (Å²) >= 11 is 1.60. The van der Waals surface area contributed by atoms with Gasteiger partial charge in [-0.05, 0) is 83.7 Å². The summed E-state index contributed by atoms with van der Waals surface area (Å²) in [6.45, 7) is 12.0. The van der Waals surface area contributed by atoms with Gasteiger partial charge in [0, 0.05) is 42.2 Å². The van der Waals surface area contributed by atoms with Gasteiger partial charge in [-0.25, -0.2) is 9.78 Å². The Hall–Kier alpha value is -4.05. The number of hydrogen-bond acceptors (Lipinski definition) is 8. The van der Waals surface area contributed by atoms with Gasteiger partial charge < -0.3 is 14.1 Å². The van der Waals surface area contributed by atoms with Crippen LogP contribution in [0.1, 0.15) is 84.7 Å².